The van der Waals surface area contributed by atoms with E-state index in [2.05, 4.69) is 59.0 Å². The van der Waals surface area contributed by atoms with E-state index in [0.29, 0.717) is 11.7 Å². The van der Waals surface area contributed by atoms with Crippen molar-refractivity contribution in [1.82, 2.24) is 19.7 Å². The van der Waals surface area contributed by atoms with Crippen molar-refractivity contribution in [2.45, 2.75) is 45.4 Å². The van der Waals surface area contributed by atoms with E-state index in [1.165, 1.54) is 5.56 Å². The summed E-state index contributed by atoms with van der Waals surface area (Å²) in [6, 6.07) is 19.2. The molecular formula is C28H36N4O2. The summed E-state index contributed by atoms with van der Waals surface area (Å²) in [7, 11) is 0. The number of fused-ring (bicyclic) bond motifs is 1. The second kappa shape index (κ2) is 10.2. The van der Waals surface area contributed by atoms with Crippen LogP contribution in [-0.2, 0) is 6.54 Å². The zero-order valence-electron chi connectivity index (χ0n) is 20.4. The lowest BCUT2D eigenvalue weighted by molar-refractivity contribution is 0.0623. The molecule has 6 nitrogen and oxygen atoms in total. The molecule has 34 heavy (non-hydrogen) atoms. The largest absolute Gasteiger partial charge is 0.490 e. The molecule has 2 saturated heterocycles. The van der Waals surface area contributed by atoms with Gasteiger partial charge in [-0.3, -0.25) is 9.69 Å². The second-order valence-corrected chi connectivity index (χ2v) is 9.93. The number of hydrogen-bond donors (Lipinski definition) is 1. The zero-order chi connectivity index (χ0) is 23.5. The summed E-state index contributed by atoms with van der Waals surface area (Å²) >= 11 is 0. The van der Waals surface area contributed by atoms with Gasteiger partial charge in [-0.2, -0.15) is 0 Å². The van der Waals surface area contributed by atoms with E-state index in [1.807, 2.05) is 29.2 Å². The van der Waals surface area contributed by atoms with Crippen molar-refractivity contribution < 1.29 is 9.53 Å². The lowest BCUT2D eigenvalue weighted by Crippen LogP contribution is -2.48. The molecule has 0 aliphatic carbocycles. The first-order valence-electron chi connectivity index (χ1n) is 12.6. The monoisotopic (exact) mass is 460 g/mol. The molecule has 0 radical (unpaired) electrons. The third-order valence-electron chi connectivity index (χ3n) is 7.24. The van der Waals surface area contributed by atoms with Gasteiger partial charge in [0.25, 0.3) is 5.91 Å². The number of piperazine rings is 1. The number of rotatable bonds is 6. The maximum atomic E-state index is 13.2. The number of H-pyrrole nitrogens is 1. The molecule has 2 aliphatic rings. The number of ether oxygens (including phenoxy) is 1. The maximum absolute atomic E-state index is 13.2. The Morgan fingerprint density at radius 1 is 0.971 bits per heavy atom. The van der Waals surface area contributed by atoms with Gasteiger partial charge < -0.3 is 19.5 Å². The van der Waals surface area contributed by atoms with Crippen LogP contribution in [0, 0.1) is 0 Å². The highest BCUT2D eigenvalue weighted by Gasteiger charge is 2.24. The summed E-state index contributed by atoms with van der Waals surface area (Å²) in [4.78, 5) is 23.4. The number of benzene rings is 2. The van der Waals surface area contributed by atoms with Crippen LogP contribution in [0.3, 0.4) is 0 Å². The maximum Gasteiger partial charge on any atom is 0.270 e. The smallest absolute Gasteiger partial charge is 0.270 e. The van der Waals surface area contributed by atoms with Crippen LogP contribution in [0.2, 0.25) is 0 Å². The molecule has 5 rings (SSSR count). The first-order chi connectivity index (χ1) is 16.5. The van der Waals surface area contributed by atoms with Crippen molar-refractivity contribution in [2.75, 3.05) is 39.3 Å². The summed E-state index contributed by atoms with van der Waals surface area (Å²) in [6.45, 7) is 10.9. The Kier molecular flexibility index (Phi) is 6.88. The van der Waals surface area contributed by atoms with Crippen LogP contribution in [0.5, 0.6) is 5.75 Å². The van der Waals surface area contributed by atoms with E-state index in [-0.39, 0.29) is 12.0 Å². The number of piperidine rings is 1. The lowest BCUT2D eigenvalue weighted by atomic mass is 10.1. The Hall–Kier alpha value is -2.83. The normalized spacial score (nSPS) is 18.6. The number of hydrogen-bond acceptors (Lipinski definition) is 4. The van der Waals surface area contributed by atoms with Crippen LogP contribution in [0.4, 0.5) is 0 Å². The summed E-state index contributed by atoms with van der Waals surface area (Å²) in [5, 5.41) is 1.03. The van der Waals surface area contributed by atoms with Crippen molar-refractivity contribution >= 4 is 16.8 Å². The fourth-order valence-electron chi connectivity index (χ4n) is 5.12. The number of amides is 1. The summed E-state index contributed by atoms with van der Waals surface area (Å²) in [6.07, 6.45) is 2.38. The third kappa shape index (κ3) is 5.29. The van der Waals surface area contributed by atoms with E-state index in [9.17, 15) is 4.79 Å². The topological polar surface area (TPSA) is 51.8 Å². The summed E-state index contributed by atoms with van der Waals surface area (Å²) in [5.41, 5.74) is 2.96. The summed E-state index contributed by atoms with van der Waals surface area (Å²) < 4.78 is 6.30. The molecule has 6 heteroatoms. The number of aromatic amines is 1. The van der Waals surface area contributed by atoms with Crippen LogP contribution in [0.1, 0.15) is 42.7 Å². The summed E-state index contributed by atoms with van der Waals surface area (Å²) in [5.74, 6) is 0.974. The Morgan fingerprint density at radius 3 is 2.41 bits per heavy atom. The Balaban J connectivity index is 1.17. The van der Waals surface area contributed by atoms with Crippen LogP contribution >= 0.6 is 0 Å². The average molecular weight is 461 g/mol. The Bertz CT molecular complexity index is 1090. The molecule has 3 aromatic rings. The van der Waals surface area contributed by atoms with E-state index >= 15 is 0 Å². The van der Waals surface area contributed by atoms with Gasteiger partial charge in [0.15, 0.2) is 0 Å². The van der Waals surface area contributed by atoms with Crippen LogP contribution in [0.15, 0.2) is 54.6 Å². The van der Waals surface area contributed by atoms with E-state index in [4.69, 9.17) is 4.74 Å². The Morgan fingerprint density at radius 2 is 1.71 bits per heavy atom. The number of likely N-dealkylation sites (tertiary alicyclic amines) is 1. The van der Waals surface area contributed by atoms with Crippen molar-refractivity contribution in [3.05, 3.63) is 65.9 Å². The van der Waals surface area contributed by atoms with Gasteiger partial charge in [0.05, 0.1) is 0 Å². The van der Waals surface area contributed by atoms with Gasteiger partial charge in [0.2, 0.25) is 0 Å². The molecule has 2 fully saturated rings. The molecule has 1 amide bonds. The van der Waals surface area contributed by atoms with Crippen molar-refractivity contribution in [1.29, 1.82) is 0 Å². The van der Waals surface area contributed by atoms with Gasteiger partial charge in [0, 0.05) is 62.8 Å². The minimum absolute atomic E-state index is 0.0825. The number of carbonyl (C=O) groups is 1. The van der Waals surface area contributed by atoms with Gasteiger partial charge in [-0.1, -0.05) is 30.3 Å². The van der Waals surface area contributed by atoms with Crippen LogP contribution in [0.25, 0.3) is 10.9 Å². The molecule has 0 atom stereocenters. The van der Waals surface area contributed by atoms with Gasteiger partial charge in [-0.05, 0) is 56.5 Å². The highest BCUT2D eigenvalue weighted by atomic mass is 16.5. The average Bonchev–Trinajstić information content (AvgIpc) is 3.28. The predicted octanol–water partition coefficient (Wildman–Crippen LogP) is 4.38. The molecule has 1 aromatic heterocycles. The SMILES string of the molecule is CC(C)N1CCC(Oc2ccc3[nH]c(C(=O)N4CCN(Cc5ccccc5)CC4)cc3c2)CC1. The fourth-order valence-corrected chi connectivity index (χ4v) is 5.12. The van der Waals surface area contributed by atoms with Crippen molar-refractivity contribution in [3.63, 3.8) is 0 Å². The molecule has 0 unspecified atom stereocenters. The van der Waals surface area contributed by atoms with Crippen molar-refractivity contribution in [3.8, 4) is 5.75 Å². The first kappa shape index (κ1) is 22.9. The molecule has 0 saturated carbocycles. The minimum Gasteiger partial charge on any atom is -0.490 e. The number of nitrogens with zero attached hydrogens (tertiary/aromatic N) is 3. The van der Waals surface area contributed by atoms with E-state index in [1.54, 1.807) is 0 Å². The van der Waals surface area contributed by atoms with Gasteiger partial charge in [0.1, 0.15) is 17.5 Å². The number of nitrogens with one attached hydrogen (secondary N) is 1. The number of aromatic nitrogens is 1. The third-order valence-corrected chi connectivity index (χ3v) is 7.24. The van der Waals surface area contributed by atoms with Gasteiger partial charge in [-0.15, -0.1) is 0 Å². The quantitative estimate of drug-likeness (QED) is 0.593. The minimum atomic E-state index is 0.0825. The van der Waals surface area contributed by atoms with E-state index < -0.39 is 0 Å². The molecular weight excluding hydrogens is 424 g/mol. The molecule has 2 aliphatic heterocycles. The van der Waals surface area contributed by atoms with E-state index in [0.717, 1.165) is 75.3 Å². The van der Waals surface area contributed by atoms with Crippen LogP contribution in [-0.4, -0.2) is 77.0 Å². The molecule has 2 aromatic carbocycles. The highest BCUT2D eigenvalue weighted by molar-refractivity contribution is 5.98. The molecule has 0 bridgehead atoms. The Labute approximate surface area is 202 Å². The standard InChI is InChI=1S/C28H36N4O2/c1-21(2)31-12-10-24(11-13-31)34-25-8-9-26-23(18-25)19-27(29-26)28(33)32-16-14-30(15-17-32)20-22-6-4-3-5-7-22/h3-9,18-19,21,24,29H,10-17,20H2,1-2H3. The zero-order valence-corrected chi connectivity index (χ0v) is 20.4. The van der Waals surface area contributed by atoms with Gasteiger partial charge >= 0.3 is 0 Å². The number of carbonyl (C=O) groups excluding carboxylic acids is 1. The highest BCUT2D eigenvalue weighted by Crippen LogP contribution is 2.26. The predicted molar refractivity (Wildman–Crippen MR) is 136 cm³/mol. The first-order valence-corrected chi connectivity index (χ1v) is 12.6. The lowest BCUT2D eigenvalue weighted by Gasteiger charge is -2.34. The van der Waals surface area contributed by atoms with Crippen LogP contribution < -0.4 is 4.74 Å². The molecule has 1 N–H and O–H groups in total. The fraction of sp³-hybridized carbons (Fsp3) is 0.464. The molecule has 3 heterocycles. The second-order valence-electron chi connectivity index (χ2n) is 9.93. The molecule has 0 spiro atoms. The molecule has 180 valence electrons. The van der Waals surface area contributed by atoms with Crippen molar-refractivity contribution in [2.24, 2.45) is 0 Å². The van der Waals surface area contributed by atoms with Gasteiger partial charge in [-0.25, -0.2) is 0 Å².